The molecule has 1 atom stereocenters. The molecule has 2 N–H and O–H groups in total. The van der Waals surface area contributed by atoms with Gasteiger partial charge in [0.1, 0.15) is 0 Å². The number of nitrogens with zero attached hydrogens (tertiary/aromatic N) is 1. The highest BCUT2D eigenvalue weighted by Gasteiger charge is 2.32. The van der Waals surface area contributed by atoms with E-state index >= 15 is 0 Å². The van der Waals surface area contributed by atoms with Gasteiger partial charge in [-0.3, -0.25) is 0 Å². The van der Waals surface area contributed by atoms with Crippen molar-refractivity contribution in [2.45, 2.75) is 43.0 Å². The number of piperidine rings is 1. The summed E-state index contributed by atoms with van der Waals surface area (Å²) in [5.41, 5.74) is 5.91. The second kappa shape index (κ2) is 6.41. The number of thioether (sulfide) groups is 1. The molecule has 4 heteroatoms. The van der Waals surface area contributed by atoms with E-state index in [9.17, 15) is 0 Å². The van der Waals surface area contributed by atoms with Crippen LogP contribution in [0.4, 0.5) is 0 Å². The van der Waals surface area contributed by atoms with Gasteiger partial charge in [-0.2, -0.15) is 11.8 Å². The minimum absolute atomic E-state index is 0.361. The smallest absolute Gasteiger partial charge is 0.0588 e. The van der Waals surface area contributed by atoms with Crippen molar-refractivity contribution in [2.24, 2.45) is 5.73 Å². The highest BCUT2D eigenvalue weighted by molar-refractivity contribution is 8.00. The summed E-state index contributed by atoms with van der Waals surface area (Å²) in [5.74, 6) is 0. The zero-order chi connectivity index (χ0) is 12.1. The van der Waals surface area contributed by atoms with E-state index in [1.165, 1.54) is 51.7 Å². The van der Waals surface area contributed by atoms with Crippen LogP contribution in [0.2, 0.25) is 0 Å². The van der Waals surface area contributed by atoms with Crippen molar-refractivity contribution in [1.82, 2.24) is 4.90 Å². The van der Waals surface area contributed by atoms with Crippen molar-refractivity contribution in [3.63, 3.8) is 0 Å². The molecule has 0 bridgehead atoms. The number of rotatable bonds is 5. The Kier molecular flexibility index (Phi) is 5.15. The first-order chi connectivity index (χ1) is 8.28. The average Bonchev–Trinajstić information content (AvgIpc) is 2.90. The van der Waals surface area contributed by atoms with Crippen LogP contribution in [0.15, 0.2) is 0 Å². The van der Waals surface area contributed by atoms with Crippen LogP contribution in [-0.4, -0.2) is 54.8 Å². The van der Waals surface area contributed by atoms with E-state index in [1.54, 1.807) is 0 Å². The molecular formula is C13H26N2OS. The maximum Gasteiger partial charge on any atom is 0.0588 e. The van der Waals surface area contributed by atoms with Crippen LogP contribution in [0.5, 0.6) is 0 Å². The van der Waals surface area contributed by atoms with Crippen molar-refractivity contribution >= 4 is 11.8 Å². The molecule has 2 heterocycles. The van der Waals surface area contributed by atoms with Gasteiger partial charge in [0.25, 0.3) is 0 Å². The van der Waals surface area contributed by atoms with E-state index in [0.29, 0.717) is 10.9 Å². The molecule has 0 aromatic carbocycles. The molecule has 0 radical (unpaired) electrons. The molecule has 1 unspecified atom stereocenters. The Balaban J connectivity index is 1.68. The fourth-order valence-electron chi connectivity index (χ4n) is 2.87. The Labute approximate surface area is 109 Å². The predicted molar refractivity (Wildman–Crippen MR) is 74.6 cm³/mol. The van der Waals surface area contributed by atoms with Crippen molar-refractivity contribution < 1.29 is 4.74 Å². The van der Waals surface area contributed by atoms with Crippen LogP contribution >= 0.6 is 11.8 Å². The zero-order valence-corrected chi connectivity index (χ0v) is 11.8. The molecule has 2 rings (SSSR count). The molecule has 0 spiro atoms. The first-order valence-corrected chi connectivity index (χ1v) is 8.10. The Morgan fingerprint density at radius 2 is 2.18 bits per heavy atom. The minimum Gasteiger partial charge on any atom is -0.378 e. The molecule has 17 heavy (non-hydrogen) atoms. The van der Waals surface area contributed by atoms with Crippen molar-refractivity contribution in [2.75, 3.05) is 39.0 Å². The summed E-state index contributed by atoms with van der Waals surface area (Å²) in [4.78, 5) is 2.59. The predicted octanol–water partition coefficient (Wildman–Crippen LogP) is 1.71. The minimum atomic E-state index is 0.361. The molecule has 2 fully saturated rings. The SMILES string of the molecule is CSC1(CN)CCN(CCC2CCCO2)CC1. The lowest BCUT2D eigenvalue weighted by molar-refractivity contribution is 0.0869. The third-order valence-corrected chi connectivity index (χ3v) is 5.80. The molecule has 0 aromatic heterocycles. The van der Waals surface area contributed by atoms with Crippen molar-refractivity contribution in [3.8, 4) is 0 Å². The molecule has 0 saturated carbocycles. The lowest BCUT2D eigenvalue weighted by Gasteiger charge is -2.40. The summed E-state index contributed by atoms with van der Waals surface area (Å²) in [6.45, 7) is 5.44. The topological polar surface area (TPSA) is 38.5 Å². The lowest BCUT2D eigenvalue weighted by Crippen LogP contribution is -2.47. The van der Waals surface area contributed by atoms with Gasteiger partial charge in [-0.05, 0) is 51.4 Å². The number of ether oxygens (including phenoxy) is 1. The van der Waals surface area contributed by atoms with Gasteiger partial charge in [-0.25, -0.2) is 0 Å². The van der Waals surface area contributed by atoms with Crippen LogP contribution in [0.1, 0.15) is 32.1 Å². The first kappa shape index (κ1) is 13.7. The van der Waals surface area contributed by atoms with Crippen molar-refractivity contribution in [1.29, 1.82) is 0 Å². The molecule has 2 saturated heterocycles. The molecule has 100 valence electrons. The quantitative estimate of drug-likeness (QED) is 0.815. The summed E-state index contributed by atoms with van der Waals surface area (Å²) < 4.78 is 6.04. The summed E-state index contributed by atoms with van der Waals surface area (Å²) >= 11 is 1.96. The Bertz CT molecular complexity index is 215. The second-order valence-corrected chi connectivity index (χ2v) is 6.63. The van der Waals surface area contributed by atoms with E-state index in [4.69, 9.17) is 10.5 Å². The highest BCUT2D eigenvalue weighted by Crippen LogP contribution is 2.33. The summed E-state index contributed by atoms with van der Waals surface area (Å²) in [5, 5.41) is 0. The fraction of sp³-hybridized carbons (Fsp3) is 1.00. The van der Waals surface area contributed by atoms with Crippen LogP contribution in [0.25, 0.3) is 0 Å². The van der Waals surface area contributed by atoms with Gasteiger partial charge in [0, 0.05) is 24.4 Å². The van der Waals surface area contributed by atoms with Crippen LogP contribution in [-0.2, 0) is 4.74 Å². The van der Waals surface area contributed by atoms with Gasteiger partial charge in [-0.1, -0.05) is 0 Å². The van der Waals surface area contributed by atoms with Crippen LogP contribution < -0.4 is 5.73 Å². The van der Waals surface area contributed by atoms with E-state index in [1.807, 2.05) is 11.8 Å². The largest absolute Gasteiger partial charge is 0.378 e. The second-order valence-electron chi connectivity index (χ2n) is 5.36. The lowest BCUT2D eigenvalue weighted by atomic mass is 9.95. The molecule has 0 aromatic rings. The summed E-state index contributed by atoms with van der Waals surface area (Å²) in [6, 6.07) is 0. The van der Waals surface area contributed by atoms with Gasteiger partial charge in [0.15, 0.2) is 0 Å². The fourth-order valence-corrected chi connectivity index (χ4v) is 3.63. The monoisotopic (exact) mass is 258 g/mol. The molecule has 0 aliphatic carbocycles. The summed E-state index contributed by atoms with van der Waals surface area (Å²) in [6.07, 6.45) is 8.98. The van der Waals surface area contributed by atoms with Crippen LogP contribution in [0, 0.1) is 0 Å². The van der Waals surface area contributed by atoms with Gasteiger partial charge in [0.2, 0.25) is 0 Å². The molecule has 2 aliphatic rings. The molecule has 0 amide bonds. The Morgan fingerprint density at radius 3 is 2.71 bits per heavy atom. The van der Waals surface area contributed by atoms with Crippen molar-refractivity contribution in [3.05, 3.63) is 0 Å². The van der Waals surface area contributed by atoms with Gasteiger partial charge >= 0.3 is 0 Å². The van der Waals surface area contributed by atoms with Crippen LogP contribution in [0.3, 0.4) is 0 Å². The van der Waals surface area contributed by atoms with E-state index in [2.05, 4.69) is 11.2 Å². The third kappa shape index (κ3) is 3.60. The van der Waals surface area contributed by atoms with E-state index < -0.39 is 0 Å². The first-order valence-electron chi connectivity index (χ1n) is 6.87. The Hall–Kier alpha value is 0.230. The zero-order valence-electron chi connectivity index (χ0n) is 11.0. The maximum atomic E-state index is 5.91. The van der Waals surface area contributed by atoms with Gasteiger partial charge < -0.3 is 15.4 Å². The number of hydrogen-bond acceptors (Lipinski definition) is 4. The van der Waals surface area contributed by atoms with Gasteiger partial charge in [0.05, 0.1) is 6.10 Å². The highest BCUT2D eigenvalue weighted by atomic mass is 32.2. The number of hydrogen-bond donors (Lipinski definition) is 1. The standard InChI is InChI=1S/C13H26N2OS/c1-17-13(11-14)5-8-15(9-6-13)7-4-12-3-2-10-16-12/h12H,2-11,14H2,1H3. The molecule has 3 nitrogen and oxygen atoms in total. The third-order valence-electron chi connectivity index (χ3n) is 4.36. The maximum absolute atomic E-state index is 5.91. The molecule has 2 aliphatic heterocycles. The average molecular weight is 258 g/mol. The van der Waals surface area contributed by atoms with E-state index in [0.717, 1.165) is 13.2 Å². The summed E-state index contributed by atoms with van der Waals surface area (Å²) in [7, 11) is 0. The normalized spacial score (nSPS) is 29.6. The Morgan fingerprint density at radius 1 is 1.41 bits per heavy atom. The van der Waals surface area contributed by atoms with E-state index in [-0.39, 0.29) is 0 Å². The molecular weight excluding hydrogens is 232 g/mol. The van der Waals surface area contributed by atoms with Gasteiger partial charge in [-0.15, -0.1) is 0 Å². The number of likely N-dealkylation sites (tertiary alicyclic amines) is 1. The number of nitrogens with two attached hydrogens (primary N) is 1.